The van der Waals surface area contributed by atoms with Crippen LogP contribution in [-0.2, 0) is 10.0 Å². The van der Waals surface area contributed by atoms with Crippen molar-refractivity contribution in [3.63, 3.8) is 0 Å². The zero-order chi connectivity index (χ0) is 13.8. The standard InChI is InChI=1S/C12H19FN2O2S/c1-3-5-9-15(4-2)18(16,17)12-10(13)7-6-8-11(12)14/h6-8H,3-5,9,14H2,1-2H3. The molecule has 0 aromatic heterocycles. The summed E-state index contributed by atoms with van der Waals surface area (Å²) in [5, 5.41) is 0. The van der Waals surface area contributed by atoms with E-state index in [1.54, 1.807) is 6.92 Å². The molecule has 4 nitrogen and oxygen atoms in total. The summed E-state index contributed by atoms with van der Waals surface area (Å²) in [7, 11) is -3.85. The van der Waals surface area contributed by atoms with Crippen LogP contribution in [-0.4, -0.2) is 25.8 Å². The molecular weight excluding hydrogens is 255 g/mol. The molecule has 0 heterocycles. The third-order valence-corrected chi connectivity index (χ3v) is 4.78. The number of unbranched alkanes of at least 4 members (excludes halogenated alkanes) is 1. The molecule has 6 heteroatoms. The summed E-state index contributed by atoms with van der Waals surface area (Å²) in [5.74, 6) is -0.801. The van der Waals surface area contributed by atoms with E-state index in [1.165, 1.54) is 16.4 Å². The van der Waals surface area contributed by atoms with Gasteiger partial charge in [0.05, 0.1) is 5.69 Å². The van der Waals surface area contributed by atoms with E-state index < -0.39 is 20.7 Å². The third-order valence-electron chi connectivity index (χ3n) is 2.71. The Balaban J connectivity index is 3.19. The van der Waals surface area contributed by atoms with E-state index in [0.29, 0.717) is 13.1 Å². The lowest BCUT2D eigenvalue weighted by Gasteiger charge is -2.21. The molecule has 0 fully saturated rings. The Hall–Kier alpha value is -1.14. The number of rotatable bonds is 6. The number of nitrogens with zero attached hydrogens (tertiary/aromatic N) is 1. The van der Waals surface area contributed by atoms with Crippen LogP contribution in [0.1, 0.15) is 26.7 Å². The molecule has 0 bridgehead atoms. The SMILES string of the molecule is CCCCN(CC)S(=O)(=O)c1c(N)cccc1F. The number of halogens is 1. The number of sulfonamides is 1. The summed E-state index contributed by atoms with van der Waals surface area (Å²) in [6.07, 6.45) is 1.61. The topological polar surface area (TPSA) is 63.4 Å². The van der Waals surface area contributed by atoms with E-state index in [9.17, 15) is 12.8 Å². The van der Waals surface area contributed by atoms with Crippen molar-refractivity contribution >= 4 is 15.7 Å². The van der Waals surface area contributed by atoms with Crippen molar-refractivity contribution in [2.45, 2.75) is 31.6 Å². The van der Waals surface area contributed by atoms with Crippen LogP contribution in [0.25, 0.3) is 0 Å². The molecule has 0 spiro atoms. The van der Waals surface area contributed by atoms with Gasteiger partial charge in [0.2, 0.25) is 10.0 Å². The molecule has 0 amide bonds. The molecule has 0 aliphatic carbocycles. The molecule has 0 atom stereocenters. The highest BCUT2D eigenvalue weighted by Crippen LogP contribution is 2.25. The van der Waals surface area contributed by atoms with Gasteiger partial charge in [-0.2, -0.15) is 4.31 Å². The predicted molar refractivity (Wildman–Crippen MR) is 70.2 cm³/mol. The van der Waals surface area contributed by atoms with E-state index in [2.05, 4.69) is 0 Å². The van der Waals surface area contributed by atoms with Crippen LogP contribution in [0.4, 0.5) is 10.1 Å². The van der Waals surface area contributed by atoms with E-state index in [1.807, 2.05) is 6.92 Å². The lowest BCUT2D eigenvalue weighted by Crippen LogP contribution is -2.33. The highest BCUT2D eigenvalue weighted by atomic mass is 32.2. The molecule has 1 aromatic rings. The lowest BCUT2D eigenvalue weighted by atomic mass is 10.3. The van der Waals surface area contributed by atoms with Crippen molar-refractivity contribution in [3.8, 4) is 0 Å². The Kier molecular flexibility index (Phi) is 5.10. The summed E-state index contributed by atoms with van der Waals surface area (Å²) in [5.41, 5.74) is 5.53. The Bertz CT molecular complexity index is 483. The molecule has 1 aromatic carbocycles. The van der Waals surface area contributed by atoms with Crippen molar-refractivity contribution in [1.29, 1.82) is 0 Å². The molecule has 18 heavy (non-hydrogen) atoms. The first-order valence-electron chi connectivity index (χ1n) is 5.99. The second-order valence-electron chi connectivity index (χ2n) is 4.01. The zero-order valence-corrected chi connectivity index (χ0v) is 11.5. The van der Waals surface area contributed by atoms with Crippen LogP contribution in [0.2, 0.25) is 0 Å². The maximum absolute atomic E-state index is 13.7. The van der Waals surface area contributed by atoms with E-state index >= 15 is 0 Å². The molecule has 0 unspecified atom stereocenters. The number of benzene rings is 1. The minimum Gasteiger partial charge on any atom is -0.398 e. The fraction of sp³-hybridized carbons (Fsp3) is 0.500. The molecule has 2 N–H and O–H groups in total. The molecule has 0 aliphatic heterocycles. The summed E-state index contributed by atoms with van der Waals surface area (Å²) in [4.78, 5) is -0.414. The minimum absolute atomic E-state index is 0.0510. The number of hydrogen-bond donors (Lipinski definition) is 1. The van der Waals surface area contributed by atoms with Gasteiger partial charge in [0.25, 0.3) is 0 Å². The van der Waals surface area contributed by atoms with E-state index in [4.69, 9.17) is 5.73 Å². The second-order valence-corrected chi connectivity index (χ2v) is 5.88. The van der Waals surface area contributed by atoms with E-state index in [-0.39, 0.29) is 5.69 Å². The van der Waals surface area contributed by atoms with Crippen molar-refractivity contribution in [3.05, 3.63) is 24.0 Å². The van der Waals surface area contributed by atoms with E-state index in [0.717, 1.165) is 18.9 Å². The van der Waals surface area contributed by atoms with Gasteiger partial charge < -0.3 is 5.73 Å². The van der Waals surface area contributed by atoms with Gasteiger partial charge in [0.1, 0.15) is 10.7 Å². The Labute approximate surface area is 108 Å². The van der Waals surface area contributed by atoms with Gasteiger partial charge in [-0.1, -0.05) is 26.3 Å². The Morgan fingerprint density at radius 1 is 1.33 bits per heavy atom. The van der Waals surface area contributed by atoms with Crippen molar-refractivity contribution < 1.29 is 12.8 Å². The maximum Gasteiger partial charge on any atom is 0.248 e. The number of anilines is 1. The van der Waals surface area contributed by atoms with Crippen molar-refractivity contribution in [2.24, 2.45) is 0 Å². The smallest absolute Gasteiger partial charge is 0.248 e. The maximum atomic E-state index is 13.7. The monoisotopic (exact) mass is 274 g/mol. The average molecular weight is 274 g/mol. The van der Waals surface area contributed by atoms with Crippen LogP contribution < -0.4 is 5.73 Å². The highest BCUT2D eigenvalue weighted by molar-refractivity contribution is 7.89. The first-order valence-corrected chi connectivity index (χ1v) is 7.43. The van der Waals surface area contributed by atoms with Crippen LogP contribution in [0.5, 0.6) is 0 Å². The van der Waals surface area contributed by atoms with Crippen molar-refractivity contribution in [2.75, 3.05) is 18.8 Å². The Morgan fingerprint density at radius 2 is 2.00 bits per heavy atom. The van der Waals surface area contributed by atoms with Gasteiger partial charge >= 0.3 is 0 Å². The first-order chi connectivity index (χ1) is 8.45. The lowest BCUT2D eigenvalue weighted by molar-refractivity contribution is 0.415. The molecule has 0 saturated heterocycles. The van der Waals surface area contributed by atoms with Crippen LogP contribution in [0.15, 0.2) is 23.1 Å². The third kappa shape index (κ3) is 3.00. The zero-order valence-electron chi connectivity index (χ0n) is 10.7. The van der Waals surface area contributed by atoms with Gasteiger partial charge in [-0.25, -0.2) is 12.8 Å². The largest absolute Gasteiger partial charge is 0.398 e. The van der Waals surface area contributed by atoms with Gasteiger partial charge in [-0.05, 0) is 18.6 Å². The van der Waals surface area contributed by atoms with Crippen LogP contribution in [0, 0.1) is 5.82 Å². The minimum atomic E-state index is -3.85. The summed E-state index contributed by atoms with van der Waals surface area (Å²) >= 11 is 0. The second kappa shape index (κ2) is 6.15. The molecule has 1 rings (SSSR count). The summed E-state index contributed by atoms with van der Waals surface area (Å²) in [6.45, 7) is 4.38. The molecular formula is C12H19FN2O2S. The molecule has 102 valence electrons. The van der Waals surface area contributed by atoms with Crippen LogP contribution in [0.3, 0.4) is 0 Å². The normalized spacial score (nSPS) is 12.0. The van der Waals surface area contributed by atoms with Gasteiger partial charge in [-0.3, -0.25) is 0 Å². The van der Waals surface area contributed by atoms with Crippen molar-refractivity contribution in [1.82, 2.24) is 4.31 Å². The van der Waals surface area contributed by atoms with Gasteiger partial charge in [0, 0.05) is 13.1 Å². The fourth-order valence-corrected chi connectivity index (χ4v) is 3.36. The molecule has 0 radical (unpaired) electrons. The van der Waals surface area contributed by atoms with Gasteiger partial charge in [-0.15, -0.1) is 0 Å². The molecule has 0 aliphatic rings. The quantitative estimate of drug-likeness (QED) is 0.809. The number of nitrogen functional groups attached to an aromatic ring is 1. The first kappa shape index (κ1) is 14.9. The van der Waals surface area contributed by atoms with Gasteiger partial charge in [0.15, 0.2) is 0 Å². The Morgan fingerprint density at radius 3 is 2.50 bits per heavy atom. The number of nitrogens with two attached hydrogens (primary N) is 1. The summed E-state index contributed by atoms with van der Waals surface area (Å²) < 4.78 is 39.6. The summed E-state index contributed by atoms with van der Waals surface area (Å²) in [6, 6.07) is 3.90. The predicted octanol–water partition coefficient (Wildman–Crippen LogP) is 2.22. The molecule has 0 saturated carbocycles. The number of hydrogen-bond acceptors (Lipinski definition) is 3. The fourth-order valence-electron chi connectivity index (χ4n) is 1.71. The average Bonchev–Trinajstić information content (AvgIpc) is 2.29. The highest BCUT2D eigenvalue weighted by Gasteiger charge is 2.28. The van der Waals surface area contributed by atoms with Crippen LogP contribution >= 0.6 is 0 Å².